The van der Waals surface area contributed by atoms with Crippen molar-refractivity contribution < 1.29 is 9.84 Å². The summed E-state index contributed by atoms with van der Waals surface area (Å²) in [5.41, 5.74) is -0.00314. The Labute approximate surface area is 133 Å². The Balaban J connectivity index is 2.16. The second-order valence-electron chi connectivity index (χ2n) is 5.77. The molecule has 116 valence electrons. The van der Waals surface area contributed by atoms with Crippen LogP contribution in [0.1, 0.15) is 45.2 Å². The van der Waals surface area contributed by atoms with Crippen molar-refractivity contribution in [1.82, 2.24) is 19.5 Å². The summed E-state index contributed by atoms with van der Waals surface area (Å²) >= 11 is 6.11. The fraction of sp³-hybridized carbons (Fsp3) is 0.533. The van der Waals surface area contributed by atoms with E-state index in [0.29, 0.717) is 23.6 Å². The Bertz CT molecular complexity index is 748. The number of halogens is 1. The minimum Gasteiger partial charge on any atom is -0.378 e. The van der Waals surface area contributed by atoms with Crippen LogP contribution >= 0.6 is 11.6 Å². The van der Waals surface area contributed by atoms with Gasteiger partial charge in [-0.3, -0.25) is 4.57 Å². The summed E-state index contributed by atoms with van der Waals surface area (Å²) in [7, 11) is 0. The maximum atomic E-state index is 9.81. The molecule has 0 bridgehead atoms. The van der Waals surface area contributed by atoms with Gasteiger partial charge in [-0.25, -0.2) is 15.0 Å². The van der Waals surface area contributed by atoms with Crippen LogP contribution in [0, 0.1) is 11.8 Å². The summed E-state index contributed by atoms with van der Waals surface area (Å²) in [6.45, 7) is 3.94. The Morgan fingerprint density at radius 3 is 2.91 bits per heavy atom. The second-order valence-corrected chi connectivity index (χ2v) is 6.13. The van der Waals surface area contributed by atoms with Crippen LogP contribution in [0.2, 0.25) is 5.15 Å². The smallest absolute Gasteiger partial charge is 0.189 e. The van der Waals surface area contributed by atoms with E-state index in [2.05, 4.69) is 26.8 Å². The Morgan fingerprint density at radius 2 is 2.23 bits per heavy atom. The average molecular weight is 321 g/mol. The van der Waals surface area contributed by atoms with Gasteiger partial charge in [0.2, 0.25) is 0 Å². The van der Waals surface area contributed by atoms with Crippen LogP contribution in [0.4, 0.5) is 0 Å². The Morgan fingerprint density at radius 1 is 1.41 bits per heavy atom. The molecule has 0 amide bonds. The van der Waals surface area contributed by atoms with Crippen molar-refractivity contribution in [2.75, 3.05) is 6.61 Å². The van der Waals surface area contributed by atoms with Crippen molar-refractivity contribution >= 4 is 22.8 Å². The Hall–Kier alpha value is -1.68. The summed E-state index contributed by atoms with van der Waals surface area (Å²) in [4.78, 5) is 12.7. The highest BCUT2D eigenvalue weighted by Gasteiger charge is 2.23. The average Bonchev–Trinajstić information content (AvgIpc) is 2.85. The minimum absolute atomic E-state index is 0.171. The summed E-state index contributed by atoms with van der Waals surface area (Å²) in [6, 6.07) is 0. The number of aliphatic hydroxyl groups is 1. The number of imidazole rings is 1. The van der Waals surface area contributed by atoms with Crippen LogP contribution in [0.25, 0.3) is 11.2 Å². The molecule has 1 aliphatic rings. The van der Waals surface area contributed by atoms with Crippen LogP contribution < -0.4 is 0 Å². The largest absolute Gasteiger partial charge is 0.378 e. The number of rotatable bonds is 1. The van der Waals surface area contributed by atoms with Crippen LogP contribution in [-0.2, 0) is 4.74 Å². The maximum Gasteiger partial charge on any atom is 0.189 e. The molecule has 2 aromatic rings. The fourth-order valence-electron chi connectivity index (χ4n) is 2.38. The molecule has 1 N–H and O–H groups in total. The molecule has 1 saturated heterocycles. The third-order valence-corrected chi connectivity index (χ3v) is 3.63. The van der Waals surface area contributed by atoms with Crippen molar-refractivity contribution in [2.45, 2.75) is 44.9 Å². The van der Waals surface area contributed by atoms with Crippen molar-refractivity contribution in [3.8, 4) is 11.8 Å². The first-order valence-electron chi connectivity index (χ1n) is 7.21. The molecule has 22 heavy (non-hydrogen) atoms. The van der Waals surface area contributed by atoms with Gasteiger partial charge in [0.25, 0.3) is 0 Å². The lowest BCUT2D eigenvalue weighted by molar-refractivity contribution is -0.0302. The van der Waals surface area contributed by atoms with E-state index in [1.807, 2.05) is 4.57 Å². The van der Waals surface area contributed by atoms with E-state index < -0.39 is 5.60 Å². The zero-order valence-corrected chi connectivity index (χ0v) is 13.3. The number of nitrogens with zero attached hydrogens (tertiary/aromatic N) is 4. The van der Waals surface area contributed by atoms with Gasteiger partial charge in [0.05, 0.1) is 0 Å². The van der Waals surface area contributed by atoms with Gasteiger partial charge in [-0.2, -0.15) is 0 Å². The zero-order valence-electron chi connectivity index (χ0n) is 12.5. The fourth-order valence-corrected chi connectivity index (χ4v) is 2.55. The summed E-state index contributed by atoms with van der Waals surface area (Å²) < 4.78 is 7.68. The molecule has 1 fully saturated rings. The summed E-state index contributed by atoms with van der Waals surface area (Å²) in [5.74, 6) is 6.16. The van der Waals surface area contributed by atoms with Gasteiger partial charge < -0.3 is 9.84 Å². The van der Waals surface area contributed by atoms with Gasteiger partial charge in [0, 0.05) is 6.61 Å². The van der Waals surface area contributed by atoms with Crippen molar-refractivity contribution in [1.29, 1.82) is 0 Å². The molecule has 3 rings (SSSR count). The molecule has 2 aromatic heterocycles. The zero-order chi connectivity index (χ0) is 15.7. The van der Waals surface area contributed by atoms with Crippen LogP contribution in [0.5, 0.6) is 0 Å². The first kappa shape index (κ1) is 15.2. The van der Waals surface area contributed by atoms with E-state index >= 15 is 0 Å². The molecule has 0 spiro atoms. The number of fused-ring (bicyclic) bond motifs is 1. The quantitative estimate of drug-likeness (QED) is 0.644. The molecule has 0 saturated carbocycles. The minimum atomic E-state index is -1.11. The summed E-state index contributed by atoms with van der Waals surface area (Å²) in [5, 5.41) is 10.1. The van der Waals surface area contributed by atoms with Crippen molar-refractivity contribution in [3.63, 3.8) is 0 Å². The van der Waals surface area contributed by atoms with E-state index in [1.54, 1.807) is 13.8 Å². The van der Waals surface area contributed by atoms with Gasteiger partial charge in [-0.05, 0) is 39.0 Å². The lowest BCUT2D eigenvalue weighted by Crippen LogP contribution is -2.20. The topological polar surface area (TPSA) is 73.1 Å². The third kappa shape index (κ3) is 3.07. The number of hydrogen-bond acceptors (Lipinski definition) is 5. The van der Waals surface area contributed by atoms with Crippen LogP contribution in [0.15, 0.2) is 6.33 Å². The van der Waals surface area contributed by atoms with E-state index in [4.69, 9.17) is 16.3 Å². The molecule has 0 aromatic carbocycles. The lowest BCUT2D eigenvalue weighted by Gasteiger charge is -2.24. The number of aromatic nitrogens is 4. The van der Waals surface area contributed by atoms with Crippen LogP contribution in [0.3, 0.4) is 0 Å². The predicted molar refractivity (Wildman–Crippen MR) is 82.3 cm³/mol. The monoisotopic (exact) mass is 320 g/mol. The van der Waals surface area contributed by atoms with E-state index in [0.717, 1.165) is 19.3 Å². The number of hydrogen-bond donors (Lipinski definition) is 1. The molecule has 7 heteroatoms. The molecule has 0 radical (unpaired) electrons. The SMILES string of the molecule is CC(C)(O)C#Cc1nc2c(Cl)ncnc2n1C1CCCCO1. The van der Waals surface area contributed by atoms with Crippen molar-refractivity contribution in [3.05, 3.63) is 17.3 Å². The molecular weight excluding hydrogens is 304 g/mol. The predicted octanol–water partition coefficient (Wildman–Crippen LogP) is 2.30. The number of ether oxygens (including phenoxy) is 1. The maximum absolute atomic E-state index is 9.81. The van der Waals surface area contributed by atoms with Gasteiger partial charge in [0.1, 0.15) is 23.7 Å². The molecule has 3 heterocycles. The Kier molecular flexibility index (Phi) is 4.04. The highest BCUT2D eigenvalue weighted by molar-refractivity contribution is 6.33. The van der Waals surface area contributed by atoms with Gasteiger partial charge in [-0.15, -0.1) is 0 Å². The molecule has 1 unspecified atom stereocenters. The molecule has 6 nitrogen and oxygen atoms in total. The van der Waals surface area contributed by atoms with Gasteiger partial charge >= 0.3 is 0 Å². The highest BCUT2D eigenvalue weighted by Crippen LogP contribution is 2.29. The first-order valence-corrected chi connectivity index (χ1v) is 7.59. The normalized spacial score (nSPS) is 19.0. The standard InChI is InChI=1S/C15H17ClN4O2/c1-15(2,21)7-6-10-19-12-13(16)17-9-18-14(12)20(10)11-5-3-4-8-22-11/h9,11,21H,3-5,8H2,1-2H3. The molecule has 1 atom stereocenters. The van der Waals surface area contributed by atoms with E-state index in [9.17, 15) is 5.11 Å². The molecular formula is C15H17ClN4O2. The highest BCUT2D eigenvalue weighted by atomic mass is 35.5. The molecule has 0 aliphatic carbocycles. The van der Waals surface area contributed by atoms with Crippen molar-refractivity contribution in [2.24, 2.45) is 0 Å². The van der Waals surface area contributed by atoms with E-state index in [-0.39, 0.29) is 11.4 Å². The van der Waals surface area contributed by atoms with Crippen LogP contribution in [-0.4, -0.2) is 36.8 Å². The van der Waals surface area contributed by atoms with E-state index in [1.165, 1.54) is 6.33 Å². The first-order chi connectivity index (χ1) is 10.5. The summed E-state index contributed by atoms with van der Waals surface area (Å²) in [6.07, 6.45) is 4.21. The molecule has 1 aliphatic heterocycles. The third-order valence-electron chi connectivity index (χ3n) is 3.36. The lowest BCUT2D eigenvalue weighted by atomic mass is 10.1. The van der Waals surface area contributed by atoms with Gasteiger partial charge in [0.15, 0.2) is 16.6 Å². The van der Waals surface area contributed by atoms with Gasteiger partial charge in [-0.1, -0.05) is 17.5 Å². The second kappa shape index (κ2) is 5.84.